The number of fused-ring (bicyclic) bond motifs is 2. The molecule has 1 N–H and O–H groups in total. The maximum absolute atomic E-state index is 13.0. The first-order valence-corrected chi connectivity index (χ1v) is 15.4. The molecule has 1 aromatic heterocycles. The van der Waals surface area contributed by atoms with Crippen LogP contribution in [-0.2, 0) is 32.5 Å². The summed E-state index contributed by atoms with van der Waals surface area (Å²) in [6, 6.07) is 19.3. The Bertz CT molecular complexity index is 1590. The number of carbonyl (C=O) groups is 2. The molecule has 3 heterocycles. The fourth-order valence-electron chi connectivity index (χ4n) is 5.81. The molecule has 6 rings (SSSR count). The summed E-state index contributed by atoms with van der Waals surface area (Å²) < 4.78 is 12.0. The fourth-order valence-corrected chi connectivity index (χ4v) is 6.07. The Morgan fingerprint density at radius 3 is 2.49 bits per heavy atom. The first-order chi connectivity index (χ1) is 20.9. The van der Waals surface area contributed by atoms with Gasteiger partial charge in [0.15, 0.2) is 17.9 Å². The van der Waals surface area contributed by atoms with Gasteiger partial charge in [-0.2, -0.15) is 0 Å². The zero-order valence-corrected chi connectivity index (χ0v) is 25.5. The molecule has 0 saturated carbocycles. The number of carbonyl (C=O) groups excluding carboxylic acids is 2. The van der Waals surface area contributed by atoms with Crippen molar-refractivity contribution in [1.29, 1.82) is 0 Å². The zero-order valence-electron chi connectivity index (χ0n) is 23.9. The zero-order chi connectivity index (χ0) is 29.8. The Kier molecular flexibility index (Phi) is 9.02. The summed E-state index contributed by atoms with van der Waals surface area (Å²) in [5.74, 6) is 1.54. The van der Waals surface area contributed by atoms with Gasteiger partial charge in [0.2, 0.25) is 0 Å². The van der Waals surface area contributed by atoms with Gasteiger partial charge in [-0.25, -0.2) is 4.98 Å². The topological polar surface area (TPSA) is 96.1 Å². The number of halogens is 1. The van der Waals surface area contributed by atoms with Crippen molar-refractivity contribution in [2.45, 2.75) is 51.5 Å². The van der Waals surface area contributed by atoms with Crippen LogP contribution >= 0.6 is 15.9 Å². The van der Waals surface area contributed by atoms with Gasteiger partial charge in [0, 0.05) is 54.7 Å². The first kappa shape index (κ1) is 29.3. The number of aliphatic hydroxyl groups is 1. The van der Waals surface area contributed by atoms with Crippen molar-refractivity contribution in [3.8, 4) is 5.75 Å². The number of hydrogen-bond donors (Lipinski definition) is 1. The highest BCUT2D eigenvalue weighted by Crippen LogP contribution is 2.26. The van der Waals surface area contributed by atoms with E-state index in [-0.39, 0.29) is 11.7 Å². The van der Waals surface area contributed by atoms with E-state index in [0.717, 1.165) is 40.9 Å². The molecule has 2 aliphatic rings. The lowest BCUT2D eigenvalue weighted by molar-refractivity contribution is 0.0734. The average Bonchev–Trinajstić information content (AvgIpc) is 3.56. The van der Waals surface area contributed by atoms with Crippen LogP contribution in [0.1, 0.15) is 61.6 Å². The SMILES string of the molecule is O=C(CC[C@H](O)CN1CCc2cc(OCc3cnco3)ccc2C1)c1ccc2c(c1)CCN(C(=O)c1ccc(Br)cc1)C2. The number of ether oxygens (including phenoxy) is 1. The van der Waals surface area contributed by atoms with E-state index in [1.165, 1.54) is 17.5 Å². The second-order valence-electron chi connectivity index (χ2n) is 11.3. The van der Waals surface area contributed by atoms with Gasteiger partial charge in [-0.15, -0.1) is 0 Å². The average molecular weight is 645 g/mol. The van der Waals surface area contributed by atoms with Crippen LogP contribution in [0.25, 0.3) is 0 Å². The highest BCUT2D eigenvalue weighted by Gasteiger charge is 2.24. The summed E-state index contributed by atoms with van der Waals surface area (Å²) >= 11 is 3.41. The predicted octanol–water partition coefficient (Wildman–Crippen LogP) is 5.60. The molecule has 0 unspecified atom stereocenters. The highest BCUT2D eigenvalue weighted by atomic mass is 79.9. The van der Waals surface area contributed by atoms with Gasteiger partial charge in [-0.05, 0) is 84.0 Å². The van der Waals surface area contributed by atoms with Gasteiger partial charge in [0.1, 0.15) is 12.4 Å². The molecule has 43 heavy (non-hydrogen) atoms. The molecule has 0 radical (unpaired) electrons. The third-order valence-electron chi connectivity index (χ3n) is 8.23. The Morgan fingerprint density at radius 1 is 0.930 bits per heavy atom. The Labute approximate surface area is 259 Å². The smallest absolute Gasteiger partial charge is 0.254 e. The Balaban J connectivity index is 0.967. The first-order valence-electron chi connectivity index (χ1n) is 14.6. The van der Waals surface area contributed by atoms with Crippen LogP contribution in [0, 0.1) is 0 Å². The van der Waals surface area contributed by atoms with E-state index in [1.807, 2.05) is 53.4 Å². The summed E-state index contributed by atoms with van der Waals surface area (Å²) in [6.45, 7) is 3.63. The van der Waals surface area contributed by atoms with Crippen LogP contribution in [0.3, 0.4) is 0 Å². The van der Waals surface area contributed by atoms with E-state index >= 15 is 0 Å². The van der Waals surface area contributed by atoms with Crippen molar-refractivity contribution in [3.63, 3.8) is 0 Å². The predicted molar refractivity (Wildman–Crippen MR) is 165 cm³/mol. The van der Waals surface area contributed by atoms with Gasteiger partial charge < -0.3 is 19.2 Å². The third-order valence-corrected chi connectivity index (χ3v) is 8.75. The number of benzene rings is 3. The van der Waals surface area contributed by atoms with Crippen molar-refractivity contribution >= 4 is 27.6 Å². The van der Waals surface area contributed by atoms with Gasteiger partial charge >= 0.3 is 0 Å². The summed E-state index contributed by atoms with van der Waals surface area (Å²) in [7, 11) is 0. The second kappa shape index (κ2) is 13.2. The summed E-state index contributed by atoms with van der Waals surface area (Å²) in [5, 5.41) is 10.8. The number of oxazole rings is 1. The Morgan fingerprint density at radius 2 is 1.67 bits per heavy atom. The van der Waals surface area contributed by atoms with Gasteiger partial charge in [0.25, 0.3) is 5.91 Å². The van der Waals surface area contributed by atoms with Crippen molar-refractivity contribution in [3.05, 3.63) is 117 Å². The molecule has 0 spiro atoms. The minimum absolute atomic E-state index is 0.0160. The van der Waals surface area contributed by atoms with Crippen molar-refractivity contribution in [2.75, 3.05) is 19.6 Å². The summed E-state index contributed by atoms with van der Waals surface area (Å²) in [4.78, 5) is 34.0. The van der Waals surface area contributed by atoms with Gasteiger partial charge in [-0.1, -0.05) is 34.1 Å². The number of β-amino-alcohol motifs (C(OH)–C–C–N with tert-alkyl or cyclic N) is 1. The van der Waals surface area contributed by atoms with Crippen LogP contribution in [0.2, 0.25) is 0 Å². The van der Waals surface area contributed by atoms with Gasteiger partial charge in [0.05, 0.1) is 12.3 Å². The molecular weight excluding hydrogens is 610 g/mol. The molecule has 9 heteroatoms. The number of aromatic nitrogens is 1. The minimum atomic E-state index is -0.578. The molecule has 1 amide bonds. The van der Waals surface area contributed by atoms with Crippen LogP contribution in [0.4, 0.5) is 0 Å². The lowest BCUT2D eigenvalue weighted by Gasteiger charge is -2.30. The lowest BCUT2D eigenvalue weighted by atomic mass is 9.94. The minimum Gasteiger partial charge on any atom is -0.486 e. The fraction of sp³-hybridized carbons (Fsp3) is 0.324. The number of nitrogens with zero attached hydrogens (tertiary/aromatic N) is 3. The van der Waals surface area contributed by atoms with E-state index in [4.69, 9.17) is 9.15 Å². The normalized spacial score (nSPS) is 15.4. The van der Waals surface area contributed by atoms with Crippen LogP contribution in [-0.4, -0.2) is 57.3 Å². The summed E-state index contributed by atoms with van der Waals surface area (Å²) in [5.41, 5.74) is 6.02. The largest absolute Gasteiger partial charge is 0.486 e. The molecule has 0 saturated heterocycles. The quantitative estimate of drug-likeness (QED) is 0.225. The van der Waals surface area contributed by atoms with Crippen molar-refractivity contribution in [1.82, 2.24) is 14.8 Å². The van der Waals surface area contributed by atoms with Crippen LogP contribution in [0.5, 0.6) is 5.75 Å². The highest BCUT2D eigenvalue weighted by molar-refractivity contribution is 9.10. The monoisotopic (exact) mass is 643 g/mol. The van der Waals surface area contributed by atoms with E-state index in [9.17, 15) is 14.7 Å². The maximum Gasteiger partial charge on any atom is 0.254 e. The van der Waals surface area contributed by atoms with E-state index in [0.29, 0.717) is 62.4 Å². The van der Waals surface area contributed by atoms with E-state index in [1.54, 1.807) is 6.20 Å². The van der Waals surface area contributed by atoms with Crippen molar-refractivity contribution in [2.24, 2.45) is 0 Å². The van der Waals surface area contributed by atoms with Crippen LogP contribution in [0.15, 0.2) is 82.1 Å². The number of aliphatic hydroxyl groups excluding tert-OH is 1. The third kappa shape index (κ3) is 7.24. The van der Waals surface area contributed by atoms with E-state index < -0.39 is 6.10 Å². The van der Waals surface area contributed by atoms with E-state index in [2.05, 4.69) is 37.9 Å². The number of Topliss-reactive ketones (excluding diaryl/α,β-unsaturated/α-hetero) is 1. The number of hydrogen-bond acceptors (Lipinski definition) is 7. The molecular formula is C34H34BrN3O5. The molecule has 0 bridgehead atoms. The number of amides is 1. The molecule has 0 aliphatic carbocycles. The molecule has 222 valence electrons. The second-order valence-corrected chi connectivity index (χ2v) is 12.2. The molecule has 8 nitrogen and oxygen atoms in total. The lowest BCUT2D eigenvalue weighted by Crippen LogP contribution is -2.36. The maximum atomic E-state index is 13.0. The van der Waals surface area contributed by atoms with Gasteiger partial charge in [-0.3, -0.25) is 14.5 Å². The molecule has 1 atom stereocenters. The van der Waals surface area contributed by atoms with Crippen molar-refractivity contribution < 1.29 is 23.8 Å². The molecule has 2 aliphatic heterocycles. The van der Waals surface area contributed by atoms with Crippen LogP contribution < -0.4 is 4.74 Å². The standard InChI is InChI=1S/C34H34BrN3O5/c35-29-6-3-23(4-7-29)34(41)38-14-12-24-15-26(1-2-28(24)19-38)33(40)10-8-30(39)20-37-13-11-25-16-31(9-5-27(25)18-37)42-21-32-17-36-22-43-32/h1-7,9,15-17,22,30,39H,8,10-14,18-21H2/t30-/m0/s1. The molecule has 4 aromatic rings. The molecule has 0 fully saturated rings. The Hall–Kier alpha value is -3.79. The number of ketones is 1. The molecule has 3 aromatic carbocycles. The summed E-state index contributed by atoms with van der Waals surface area (Å²) in [6.07, 6.45) is 4.77. The number of rotatable bonds is 10.